The van der Waals surface area contributed by atoms with Crippen LogP contribution >= 0.6 is 0 Å². The van der Waals surface area contributed by atoms with Gasteiger partial charge in [0.15, 0.2) is 0 Å². The van der Waals surface area contributed by atoms with E-state index >= 15 is 0 Å². The number of allylic oxidation sites excluding steroid dienone is 1. The molecule has 1 heterocycles. The number of phenols is 1. The fourth-order valence-corrected chi connectivity index (χ4v) is 1.27. The highest BCUT2D eigenvalue weighted by atomic mass is 16.4. The molecule has 0 aliphatic carbocycles. The van der Waals surface area contributed by atoms with Gasteiger partial charge in [0.05, 0.1) is 0 Å². The Balaban J connectivity index is 0.000000341. The van der Waals surface area contributed by atoms with Crippen LogP contribution < -0.4 is 5.32 Å². The number of carboxylic acids is 1. The van der Waals surface area contributed by atoms with E-state index in [1.54, 1.807) is 43.7 Å². The smallest absolute Gasteiger partial charge is 0.321 e. The summed E-state index contributed by atoms with van der Waals surface area (Å²) in [5.74, 6) is -0.689. The van der Waals surface area contributed by atoms with E-state index in [1.165, 1.54) is 0 Å². The first kappa shape index (κ1) is 13.9. The van der Waals surface area contributed by atoms with Crippen LogP contribution in [0.5, 0.6) is 5.75 Å². The first-order chi connectivity index (χ1) is 8.63. The molecule has 0 saturated heterocycles. The standard InChI is InChI=1S/C10H13NO3.C3H3N/c1-11-9(10(13)14)6-7-2-4-8(12)5-3-7;1-2-4-3-1/h2-5,9,11-12H,6H2,1H3,(H,13,14);1-3H/t9-;/m0./s1. The molecule has 18 heavy (non-hydrogen) atoms. The van der Waals surface area contributed by atoms with Crippen molar-refractivity contribution in [2.75, 3.05) is 7.05 Å². The van der Waals surface area contributed by atoms with Crippen molar-refractivity contribution >= 4 is 12.2 Å². The molecule has 1 aromatic rings. The highest BCUT2D eigenvalue weighted by Gasteiger charge is 2.14. The number of hydrogen-bond acceptors (Lipinski definition) is 4. The molecule has 1 aliphatic heterocycles. The quantitative estimate of drug-likeness (QED) is 0.747. The van der Waals surface area contributed by atoms with E-state index in [2.05, 4.69) is 10.3 Å². The molecule has 0 saturated carbocycles. The van der Waals surface area contributed by atoms with Crippen molar-refractivity contribution in [1.29, 1.82) is 0 Å². The van der Waals surface area contributed by atoms with Gasteiger partial charge in [0.25, 0.3) is 0 Å². The van der Waals surface area contributed by atoms with Crippen molar-refractivity contribution in [2.24, 2.45) is 4.99 Å². The second-order valence-corrected chi connectivity index (χ2v) is 3.69. The molecule has 2 rings (SSSR count). The van der Waals surface area contributed by atoms with Crippen molar-refractivity contribution in [3.63, 3.8) is 0 Å². The summed E-state index contributed by atoms with van der Waals surface area (Å²) in [7, 11) is 1.61. The highest BCUT2D eigenvalue weighted by molar-refractivity contribution is 5.76. The maximum absolute atomic E-state index is 10.7. The monoisotopic (exact) mass is 248 g/mol. The van der Waals surface area contributed by atoms with Crippen LogP contribution in [0.1, 0.15) is 5.56 Å². The number of nitrogens with one attached hydrogen (secondary N) is 1. The van der Waals surface area contributed by atoms with Crippen molar-refractivity contribution in [3.05, 3.63) is 42.1 Å². The van der Waals surface area contributed by atoms with Crippen LogP contribution in [0.3, 0.4) is 0 Å². The molecule has 0 spiro atoms. The molecule has 0 unspecified atom stereocenters. The Bertz CT molecular complexity index is 420. The molecule has 5 nitrogen and oxygen atoms in total. The van der Waals surface area contributed by atoms with Gasteiger partial charge >= 0.3 is 5.97 Å². The van der Waals surface area contributed by atoms with Crippen molar-refractivity contribution in [2.45, 2.75) is 12.5 Å². The molecule has 0 aromatic heterocycles. The molecule has 5 heteroatoms. The van der Waals surface area contributed by atoms with Gasteiger partial charge in [-0.25, -0.2) is 0 Å². The second kappa shape index (κ2) is 7.24. The fourth-order valence-electron chi connectivity index (χ4n) is 1.27. The predicted octanol–water partition coefficient (Wildman–Crippen LogP) is 1.19. The Morgan fingerprint density at radius 1 is 1.39 bits per heavy atom. The summed E-state index contributed by atoms with van der Waals surface area (Å²) in [6, 6.07) is 5.93. The minimum absolute atomic E-state index is 0.185. The third kappa shape index (κ3) is 4.80. The van der Waals surface area contributed by atoms with E-state index in [1.807, 2.05) is 6.08 Å². The van der Waals surface area contributed by atoms with E-state index in [0.29, 0.717) is 6.42 Å². The molecule has 1 atom stereocenters. The number of benzene rings is 1. The molecule has 96 valence electrons. The lowest BCUT2D eigenvalue weighted by Crippen LogP contribution is -2.35. The number of nitrogens with zero attached hydrogens (tertiary/aromatic N) is 1. The van der Waals surface area contributed by atoms with Gasteiger partial charge in [-0.3, -0.25) is 9.79 Å². The number of aliphatic carboxylic acids is 1. The molecule has 0 radical (unpaired) electrons. The van der Waals surface area contributed by atoms with Crippen LogP contribution in [0.15, 0.2) is 41.5 Å². The van der Waals surface area contributed by atoms with Crippen LogP contribution in [0.4, 0.5) is 0 Å². The second-order valence-electron chi connectivity index (χ2n) is 3.69. The zero-order valence-electron chi connectivity index (χ0n) is 10.1. The number of aliphatic imine (C=N–C) groups is 1. The van der Waals surface area contributed by atoms with Crippen molar-refractivity contribution in [3.8, 4) is 5.75 Å². The molecule has 3 N–H and O–H groups in total. The first-order valence-corrected chi connectivity index (χ1v) is 5.49. The average molecular weight is 248 g/mol. The van der Waals surface area contributed by atoms with Gasteiger partial charge in [0, 0.05) is 12.4 Å². The number of carboxylic acid groups (broad SMARTS) is 1. The van der Waals surface area contributed by atoms with Crippen LogP contribution in [-0.4, -0.2) is 35.5 Å². The molecule has 0 amide bonds. The fraction of sp³-hybridized carbons (Fsp3) is 0.231. The van der Waals surface area contributed by atoms with Crippen molar-refractivity contribution < 1.29 is 15.0 Å². The predicted molar refractivity (Wildman–Crippen MR) is 69.9 cm³/mol. The molecular weight excluding hydrogens is 232 g/mol. The van der Waals surface area contributed by atoms with Crippen molar-refractivity contribution in [1.82, 2.24) is 5.32 Å². The van der Waals surface area contributed by atoms with Crippen LogP contribution in [0.25, 0.3) is 0 Å². The molecule has 0 fully saturated rings. The molecule has 1 aromatic carbocycles. The lowest BCUT2D eigenvalue weighted by molar-refractivity contribution is -0.139. The SMILES string of the molecule is C1=CN=C1.CN[C@@H](Cc1ccc(O)cc1)C(=O)O. The van der Waals surface area contributed by atoms with Gasteiger partial charge in [-0.15, -0.1) is 0 Å². The average Bonchev–Trinajstić information content (AvgIpc) is 2.25. The van der Waals surface area contributed by atoms with E-state index in [0.717, 1.165) is 5.56 Å². The lowest BCUT2D eigenvalue weighted by Gasteiger charge is -2.10. The Morgan fingerprint density at radius 3 is 2.22 bits per heavy atom. The summed E-state index contributed by atoms with van der Waals surface area (Å²) >= 11 is 0. The minimum Gasteiger partial charge on any atom is -0.508 e. The summed E-state index contributed by atoms with van der Waals surface area (Å²) in [4.78, 5) is 14.3. The van der Waals surface area contributed by atoms with E-state index in [9.17, 15) is 4.79 Å². The number of likely N-dealkylation sites (N-methyl/N-ethyl adjacent to an activating group) is 1. The number of carbonyl (C=O) groups is 1. The van der Waals surface area contributed by atoms with E-state index < -0.39 is 12.0 Å². The number of aromatic hydroxyl groups is 1. The summed E-state index contributed by atoms with van der Waals surface area (Å²) < 4.78 is 0. The number of rotatable bonds is 4. The van der Waals surface area contributed by atoms with Gasteiger partial charge in [0.2, 0.25) is 0 Å². The van der Waals surface area contributed by atoms with Crippen LogP contribution in [0, 0.1) is 0 Å². The zero-order chi connectivity index (χ0) is 13.4. The minimum atomic E-state index is -0.874. The van der Waals surface area contributed by atoms with Gasteiger partial charge in [-0.2, -0.15) is 0 Å². The third-order valence-corrected chi connectivity index (χ3v) is 2.37. The highest BCUT2D eigenvalue weighted by Crippen LogP contribution is 2.11. The maximum atomic E-state index is 10.7. The van der Waals surface area contributed by atoms with Gasteiger partial charge < -0.3 is 15.5 Å². The van der Waals surface area contributed by atoms with Crippen LogP contribution in [0.2, 0.25) is 0 Å². The molecular formula is C13H16N2O3. The number of hydrogen-bond donors (Lipinski definition) is 3. The van der Waals surface area contributed by atoms with E-state index in [4.69, 9.17) is 10.2 Å². The summed E-state index contributed by atoms with van der Waals surface area (Å²) in [5.41, 5.74) is 0.879. The van der Waals surface area contributed by atoms with Gasteiger partial charge in [-0.1, -0.05) is 12.1 Å². The first-order valence-electron chi connectivity index (χ1n) is 5.49. The van der Waals surface area contributed by atoms with Gasteiger partial charge in [0.1, 0.15) is 11.8 Å². The lowest BCUT2D eigenvalue weighted by atomic mass is 10.1. The Hall–Kier alpha value is -2.14. The van der Waals surface area contributed by atoms with E-state index in [-0.39, 0.29) is 5.75 Å². The summed E-state index contributed by atoms with van der Waals surface area (Å²) in [6.07, 6.45) is 5.80. The largest absolute Gasteiger partial charge is 0.508 e. The topological polar surface area (TPSA) is 81.9 Å². The summed E-state index contributed by atoms with van der Waals surface area (Å²) in [5, 5.41) is 20.5. The Kier molecular flexibility index (Phi) is 5.60. The molecule has 1 aliphatic rings. The van der Waals surface area contributed by atoms with Gasteiger partial charge in [-0.05, 0) is 37.2 Å². The summed E-state index contributed by atoms with van der Waals surface area (Å²) in [6.45, 7) is 0. The molecule has 0 bridgehead atoms. The normalized spacial score (nSPS) is 13.2. The zero-order valence-corrected chi connectivity index (χ0v) is 10.1. The number of phenolic OH excluding ortho intramolecular Hbond substituents is 1. The third-order valence-electron chi connectivity index (χ3n) is 2.37. The maximum Gasteiger partial charge on any atom is 0.321 e. The van der Waals surface area contributed by atoms with Crippen LogP contribution in [-0.2, 0) is 11.2 Å². The Labute approximate surface area is 105 Å². The Morgan fingerprint density at radius 2 is 1.89 bits per heavy atom.